The third kappa shape index (κ3) is 1.55. The van der Waals surface area contributed by atoms with Crippen LogP contribution < -0.4 is 11.4 Å². The summed E-state index contributed by atoms with van der Waals surface area (Å²) in [6.07, 6.45) is 0.948. The minimum atomic E-state index is -0.906. The van der Waals surface area contributed by atoms with Gasteiger partial charge < -0.3 is 4.74 Å². The Bertz CT molecular complexity index is 1290. The standard InChI is InChI=1S/C23H25N3O4/c1-20(2)12-23-16-11-30-10-15(16)22(13-21(23,3)17(20)27,14-8-6-5-7-9-14)25-18(28)24(4)19(29)26(23)25/h5-9H,10-13H2,1-4H3/t21-,22-,23-/m1/s1. The van der Waals surface area contributed by atoms with E-state index in [1.807, 2.05) is 51.1 Å². The molecule has 0 radical (unpaired) electrons. The van der Waals surface area contributed by atoms with E-state index < -0.39 is 21.9 Å². The number of aromatic nitrogens is 3. The van der Waals surface area contributed by atoms with Gasteiger partial charge >= 0.3 is 11.4 Å². The van der Waals surface area contributed by atoms with Crippen molar-refractivity contribution in [3.05, 3.63) is 68.0 Å². The number of Topliss-reactive ketones (excluding diaryl/α,β-unsaturated/α-hetero) is 1. The normalized spacial score (nSPS) is 35.5. The van der Waals surface area contributed by atoms with E-state index in [9.17, 15) is 14.4 Å². The van der Waals surface area contributed by atoms with Crippen LogP contribution in [0.2, 0.25) is 0 Å². The molecule has 7 nitrogen and oxygen atoms in total. The molecule has 0 unspecified atom stereocenters. The van der Waals surface area contributed by atoms with E-state index >= 15 is 0 Å². The van der Waals surface area contributed by atoms with Gasteiger partial charge in [0.1, 0.15) is 16.9 Å². The maximum atomic E-state index is 13.9. The molecule has 0 N–H and O–H groups in total. The van der Waals surface area contributed by atoms with Crippen LogP contribution in [0.15, 0.2) is 51.1 Å². The number of hydrogen-bond donors (Lipinski definition) is 0. The molecule has 7 rings (SSSR count). The number of nitrogens with zero attached hydrogens (tertiary/aromatic N) is 3. The predicted octanol–water partition coefficient (Wildman–Crippen LogP) is 1.54. The van der Waals surface area contributed by atoms with E-state index in [-0.39, 0.29) is 17.2 Å². The summed E-state index contributed by atoms with van der Waals surface area (Å²) in [6.45, 7) is 6.72. The first-order valence-corrected chi connectivity index (χ1v) is 10.5. The number of ether oxygens (including phenoxy) is 1. The van der Waals surface area contributed by atoms with Gasteiger partial charge in [-0.15, -0.1) is 0 Å². The first-order valence-electron chi connectivity index (χ1n) is 10.5. The number of benzene rings is 1. The van der Waals surface area contributed by atoms with Gasteiger partial charge in [0.05, 0.1) is 18.6 Å². The van der Waals surface area contributed by atoms with E-state index in [0.29, 0.717) is 26.1 Å². The zero-order valence-corrected chi connectivity index (χ0v) is 17.7. The summed E-state index contributed by atoms with van der Waals surface area (Å²) in [6, 6.07) is 9.79. The van der Waals surface area contributed by atoms with Crippen molar-refractivity contribution in [1.29, 1.82) is 0 Å². The lowest BCUT2D eigenvalue weighted by atomic mass is 9.53. The molecule has 5 aliphatic rings. The zero-order chi connectivity index (χ0) is 21.3. The van der Waals surface area contributed by atoms with Gasteiger partial charge in [0.15, 0.2) is 0 Å². The van der Waals surface area contributed by atoms with Crippen molar-refractivity contribution in [2.24, 2.45) is 17.9 Å². The molecule has 1 spiro atoms. The zero-order valence-electron chi connectivity index (χ0n) is 17.7. The average Bonchev–Trinajstić information content (AvgIpc) is 3.35. The molecule has 3 aliphatic heterocycles. The van der Waals surface area contributed by atoms with Crippen LogP contribution in [0.25, 0.3) is 0 Å². The van der Waals surface area contributed by atoms with E-state index in [1.165, 1.54) is 11.6 Å². The second-order valence-electron chi connectivity index (χ2n) is 10.2. The molecule has 1 aromatic carbocycles. The summed E-state index contributed by atoms with van der Waals surface area (Å²) in [5, 5.41) is 0. The SMILES string of the molecule is Cn1c(=O)n2n(c1=O)[C@@]13CC(C)(C)C(=O)[C@@]1(C)C[C@@]2(c1ccccc1)C1=C3COC1. The van der Waals surface area contributed by atoms with Crippen molar-refractivity contribution < 1.29 is 9.53 Å². The van der Waals surface area contributed by atoms with Crippen LogP contribution in [0.1, 0.15) is 39.2 Å². The first-order chi connectivity index (χ1) is 14.1. The predicted molar refractivity (Wildman–Crippen MR) is 109 cm³/mol. The lowest BCUT2D eigenvalue weighted by Gasteiger charge is -2.60. The Morgan fingerprint density at radius 3 is 2.20 bits per heavy atom. The van der Waals surface area contributed by atoms with Crippen LogP contribution in [0.5, 0.6) is 0 Å². The van der Waals surface area contributed by atoms with E-state index in [1.54, 1.807) is 9.36 Å². The van der Waals surface area contributed by atoms with Crippen molar-refractivity contribution in [2.45, 2.75) is 44.7 Å². The topological polar surface area (TPSA) is 75.2 Å². The largest absolute Gasteiger partial charge is 0.373 e. The molecule has 1 fully saturated rings. The highest BCUT2D eigenvalue weighted by molar-refractivity contribution is 5.95. The van der Waals surface area contributed by atoms with Crippen molar-refractivity contribution in [3.8, 4) is 0 Å². The number of carbonyl (C=O) groups excluding carboxylic acids is 1. The summed E-state index contributed by atoms with van der Waals surface area (Å²) in [4.78, 5) is 40.9. The minimum absolute atomic E-state index is 0.156. The van der Waals surface area contributed by atoms with E-state index in [4.69, 9.17) is 4.74 Å². The van der Waals surface area contributed by atoms with Gasteiger partial charge in [-0.3, -0.25) is 4.79 Å². The van der Waals surface area contributed by atoms with E-state index in [0.717, 1.165) is 16.7 Å². The Hall–Kier alpha value is -2.67. The van der Waals surface area contributed by atoms with Crippen LogP contribution in [0.4, 0.5) is 0 Å². The van der Waals surface area contributed by atoms with Crippen LogP contribution in [0, 0.1) is 10.8 Å². The Morgan fingerprint density at radius 2 is 1.50 bits per heavy atom. The maximum absolute atomic E-state index is 13.9. The number of ketones is 1. The Labute approximate surface area is 173 Å². The summed E-state index contributed by atoms with van der Waals surface area (Å²) in [7, 11) is 1.53. The van der Waals surface area contributed by atoms with E-state index in [2.05, 4.69) is 0 Å². The quantitative estimate of drug-likeness (QED) is 0.672. The number of hydrogen-bond acceptors (Lipinski definition) is 4. The second-order valence-corrected chi connectivity index (χ2v) is 10.2. The fraction of sp³-hybridized carbons (Fsp3) is 0.522. The third-order valence-electron chi connectivity index (χ3n) is 8.30. The second kappa shape index (κ2) is 4.97. The summed E-state index contributed by atoms with van der Waals surface area (Å²) >= 11 is 0. The molecule has 0 amide bonds. The Balaban J connectivity index is 1.87. The molecule has 1 saturated carbocycles. The van der Waals surface area contributed by atoms with Gasteiger partial charge in [-0.1, -0.05) is 44.2 Å². The van der Waals surface area contributed by atoms with Crippen LogP contribution in [-0.2, 0) is 27.7 Å². The van der Waals surface area contributed by atoms with Crippen molar-refractivity contribution in [1.82, 2.24) is 13.9 Å². The van der Waals surface area contributed by atoms with Gasteiger partial charge in [0, 0.05) is 12.5 Å². The minimum Gasteiger partial charge on any atom is -0.373 e. The van der Waals surface area contributed by atoms with Gasteiger partial charge in [-0.25, -0.2) is 23.5 Å². The highest BCUT2D eigenvalue weighted by Gasteiger charge is 2.77. The Kier molecular flexibility index (Phi) is 3.00. The number of carbonyl (C=O) groups is 1. The fourth-order valence-corrected chi connectivity index (χ4v) is 7.26. The highest BCUT2D eigenvalue weighted by atomic mass is 16.5. The molecular weight excluding hydrogens is 382 g/mol. The summed E-state index contributed by atoms with van der Waals surface area (Å²) in [5.74, 6) is 0.156. The third-order valence-corrected chi connectivity index (χ3v) is 8.30. The lowest BCUT2D eigenvalue weighted by Crippen LogP contribution is -2.69. The van der Waals surface area contributed by atoms with Crippen molar-refractivity contribution in [2.75, 3.05) is 13.2 Å². The van der Waals surface area contributed by atoms with Gasteiger partial charge in [-0.05, 0) is 36.5 Å². The fourth-order valence-electron chi connectivity index (χ4n) is 7.26. The first kappa shape index (κ1) is 18.1. The molecule has 3 atom stereocenters. The van der Waals surface area contributed by atoms with Crippen LogP contribution >= 0.6 is 0 Å². The molecule has 1 aromatic heterocycles. The molecule has 30 heavy (non-hydrogen) atoms. The Morgan fingerprint density at radius 1 is 0.867 bits per heavy atom. The molecular formula is C23H25N3O4. The molecule has 4 heterocycles. The molecule has 156 valence electrons. The summed E-state index contributed by atoms with van der Waals surface area (Å²) < 4.78 is 10.4. The van der Waals surface area contributed by atoms with Crippen LogP contribution in [0.3, 0.4) is 0 Å². The molecule has 2 aliphatic carbocycles. The monoisotopic (exact) mass is 407 g/mol. The highest BCUT2D eigenvalue weighted by Crippen LogP contribution is 2.70. The molecule has 7 heteroatoms. The molecule has 0 saturated heterocycles. The summed E-state index contributed by atoms with van der Waals surface area (Å²) in [5.41, 5.74) is -0.923. The maximum Gasteiger partial charge on any atom is 0.348 e. The van der Waals surface area contributed by atoms with Gasteiger partial charge in [-0.2, -0.15) is 0 Å². The lowest BCUT2D eigenvalue weighted by molar-refractivity contribution is -0.138. The average molecular weight is 407 g/mol. The van der Waals surface area contributed by atoms with Crippen molar-refractivity contribution >= 4 is 5.78 Å². The molecule has 2 aromatic rings. The molecule has 2 bridgehead atoms. The van der Waals surface area contributed by atoms with Gasteiger partial charge in [0.25, 0.3) is 0 Å². The van der Waals surface area contributed by atoms with Crippen molar-refractivity contribution in [3.63, 3.8) is 0 Å². The smallest absolute Gasteiger partial charge is 0.348 e. The van der Waals surface area contributed by atoms with Gasteiger partial charge in [0.2, 0.25) is 0 Å². The van der Waals surface area contributed by atoms with Crippen LogP contribution in [-0.4, -0.2) is 32.9 Å². The number of rotatable bonds is 1.